The smallest absolute Gasteiger partial charge is 0.161 e. The molecule has 0 heterocycles. The highest BCUT2D eigenvalue weighted by molar-refractivity contribution is 5.43. The molecule has 0 aliphatic rings. The third-order valence-corrected chi connectivity index (χ3v) is 3.86. The summed E-state index contributed by atoms with van der Waals surface area (Å²) in [6.45, 7) is 5.64. The molecule has 0 saturated heterocycles. The van der Waals surface area contributed by atoms with E-state index in [4.69, 9.17) is 9.47 Å². The van der Waals surface area contributed by atoms with E-state index in [0.29, 0.717) is 12.6 Å². The molecule has 2 aromatic rings. The van der Waals surface area contributed by atoms with Crippen LogP contribution in [0.3, 0.4) is 0 Å². The van der Waals surface area contributed by atoms with Gasteiger partial charge in [0.15, 0.2) is 11.5 Å². The van der Waals surface area contributed by atoms with E-state index in [1.165, 1.54) is 11.1 Å². The molecule has 0 amide bonds. The highest BCUT2D eigenvalue weighted by atomic mass is 16.5. The van der Waals surface area contributed by atoms with Crippen LogP contribution in [0.2, 0.25) is 0 Å². The van der Waals surface area contributed by atoms with Crippen LogP contribution in [0.4, 0.5) is 0 Å². The van der Waals surface area contributed by atoms with Crippen molar-refractivity contribution in [2.75, 3.05) is 13.7 Å². The quantitative estimate of drug-likeness (QED) is 0.726. The lowest BCUT2D eigenvalue weighted by Gasteiger charge is -2.19. The monoisotopic (exact) mass is 313 g/mol. The van der Waals surface area contributed by atoms with E-state index in [2.05, 4.69) is 48.6 Å². The molecule has 1 unspecified atom stereocenters. The van der Waals surface area contributed by atoms with Crippen molar-refractivity contribution in [1.29, 1.82) is 0 Å². The van der Waals surface area contributed by atoms with Gasteiger partial charge in [0, 0.05) is 12.6 Å². The van der Waals surface area contributed by atoms with Gasteiger partial charge in [-0.1, -0.05) is 49.7 Å². The Kier molecular flexibility index (Phi) is 6.95. The Balaban J connectivity index is 2.05. The topological polar surface area (TPSA) is 30.5 Å². The number of hydrogen-bond acceptors (Lipinski definition) is 3. The molecule has 0 aliphatic heterocycles. The summed E-state index contributed by atoms with van der Waals surface area (Å²) in [7, 11) is 1.68. The minimum absolute atomic E-state index is 0.374. The van der Waals surface area contributed by atoms with Gasteiger partial charge in [0.05, 0.1) is 13.7 Å². The molecule has 0 fully saturated rings. The molecule has 0 bridgehead atoms. The van der Waals surface area contributed by atoms with Crippen molar-refractivity contribution >= 4 is 0 Å². The normalized spacial score (nSPS) is 12.0. The van der Waals surface area contributed by atoms with Crippen LogP contribution in [-0.4, -0.2) is 13.7 Å². The molecule has 2 aromatic carbocycles. The first-order valence-electron chi connectivity index (χ1n) is 8.36. The van der Waals surface area contributed by atoms with Crippen LogP contribution in [0.25, 0.3) is 0 Å². The number of rotatable bonds is 9. The summed E-state index contributed by atoms with van der Waals surface area (Å²) in [5.41, 5.74) is 2.54. The third-order valence-electron chi connectivity index (χ3n) is 3.86. The van der Waals surface area contributed by atoms with Crippen LogP contribution < -0.4 is 14.8 Å². The molecule has 0 aromatic heterocycles. The highest BCUT2D eigenvalue weighted by Gasteiger charge is 2.11. The van der Waals surface area contributed by atoms with Crippen molar-refractivity contribution in [1.82, 2.24) is 5.32 Å². The van der Waals surface area contributed by atoms with Crippen molar-refractivity contribution in [2.45, 2.75) is 39.3 Å². The van der Waals surface area contributed by atoms with Crippen LogP contribution >= 0.6 is 0 Å². The maximum Gasteiger partial charge on any atom is 0.161 e. The summed E-state index contributed by atoms with van der Waals surface area (Å²) in [5.74, 6) is 1.59. The fourth-order valence-electron chi connectivity index (χ4n) is 2.70. The van der Waals surface area contributed by atoms with Crippen LogP contribution in [0.1, 0.15) is 43.9 Å². The molecule has 23 heavy (non-hydrogen) atoms. The summed E-state index contributed by atoms with van der Waals surface area (Å²) in [5, 5.41) is 3.66. The fraction of sp³-hybridized carbons (Fsp3) is 0.400. The van der Waals surface area contributed by atoms with Gasteiger partial charge >= 0.3 is 0 Å². The highest BCUT2D eigenvalue weighted by Crippen LogP contribution is 2.28. The molecule has 1 atom stereocenters. The minimum atomic E-state index is 0.374. The Morgan fingerprint density at radius 1 is 1.00 bits per heavy atom. The molecule has 2 rings (SSSR count). The molecule has 0 saturated carbocycles. The summed E-state index contributed by atoms with van der Waals surface area (Å²) < 4.78 is 11.0. The maximum absolute atomic E-state index is 5.57. The summed E-state index contributed by atoms with van der Waals surface area (Å²) in [4.78, 5) is 0. The molecule has 0 aliphatic carbocycles. The molecule has 3 nitrogen and oxygen atoms in total. The summed E-state index contributed by atoms with van der Waals surface area (Å²) in [6.07, 6.45) is 2.28. The van der Waals surface area contributed by atoms with E-state index in [1.807, 2.05) is 19.1 Å². The standard InChI is InChI=1S/C20H27NO2/c1-4-9-18(17-10-7-6-8-11-17)21-15-16-12-13-19(23-5-2)20(14-16)22-3/h6-8,10-14,18,21H,4-5,9,15H2,1-3H3. The molecule has 3 heteroatoms. The zero-order valence-electron chi connectivity index (χ0n) is 14.3. The summed E-state index contributed by atoms with van der Waals surface area (Å²) in [6, 6.07) is 17.1. The third kappa shape index (κ3) is 5.00. The zero-order chi connectivity index (χ0) is 16.5. The van der Waals surface area contributed by atoms with Gasteiger partial charge in [-0.2, -0.15) is 0 Å². The van der Waals surface area contributed by atoms with Gasteiger partial charge in [-0.3, -0.25) is 0 Å². The lowest BCUT2D eigenvalue weighted by Crippen LogP contribution is -2.20. The largest absolute Gasteiger partial charge is 0.493 e. The number of hydrogen-bond donors (Lipinski definition) is 1. The first kappa shape index (κ1) is 17.4. The van der Waals surface area contributed by atoms with Crippen LogP contribution in [0.15, 0.2) is 48.5 Å². The second kappa shape index (κ2) is 9.21. The predicted molar refractivity (Wildman–Crippen MR) is 95.1 cm³/mol. The molecular weight excluding hydrogens is 286 g/mol. The second-order valence-electron chi connectivity index (χ2n) is 5.55. The first-order valence-corrected chi connectivity index (χ1v) is 8.36. The van der Waals surface area contributed by atoms with Gasteiger partial charge in [-0.05, 0) is 36.6 Å². The lowest BCUT2D eigenvalue weighted by molar-refractivity contribution is 0.310. The second-order valence-corrected chi connectivity index (χ2v) is 5.55. The number of benzene rings is 2. The summed E-state index contributed by atoms with van der Waals surface area (Å²) >= 11 is 0. The van der Waals surface area contributed by atoms with Crippen LogP contribution in [0, 0.1) is 0 Å². The Morgan fingerprint density at radius 3 is 2.43 bits per heavy atom. The first-order chi connectivity index (χ1) is 11.3. The molecule has 0 spiro atoms. The minimum Gasteiger partial charge on any atom is -0.493 e. The SMILES string of the molecule is CCCC(NCc1ccc(OCC)c(OC)c1)c1ccccc1. The van der Waals surface area contributed by atoms with Crippen molar-refractivity contribution < 1.29 is 9.47 Å². The average Bonchev–Trinajstić information content (AvgIpc) is 2.60. The number of methoxy groups -OCH3 is 1. The van der Waals surface area contributed by atoms with Gasteiger partial charge in [0.1, 0.15) is 0 Å². The molecule has 1 N–H and O–H groups in total. The maximum atomic E-state index is 5.57. The van der Waals surface area contributed by atoms with E-state index < -0.39 is 0 Å². The van der Waals surface area contributed by atoms with Crippen molar-refractivity contribution in [2.24, 2.45) is 0 Å². The lowest BCUT2D eigenvalue weighted by atomic mass is 10.0. The fourth-order valence-corrected chi connectivity index (χ4v) is 2.70. The van der Waals surface area contributed by atoms with E-state index in [1.54, 1.807) is 7.11 Å². The van der Waals surface area contributed by atoms with Gasteiger partial charge in [-0.15, -0.1) is 0 Å². The number of nitrogens with one attached hydrogen (secondary N) is 1. The van der Waals surface area contributed by atoms with Crippen LogP contribution in [0.5, 0.6) is 11.5 Å². The Labute approximate surface area is 139 Å². The van der Waals surface area contributed by atoms with Gasteiger partial charge in [0.2, 0.25) is 0 Å². The molecular formula is C20H27NO2. The Hall–Kier alpha value is -2.00. The van der Waals surface area contributed by atoms with Gasteiger partial charge in [0.25, 0.3) is 0 Å². The van der Waals surface area contributed by atoms with E-state index >= 15 is 0 Å². The van der Waals surface area contributed by atoms with Crippen molar-refractivity contribution in [3.8, 4) is 11.5 Å². The van der Waals surface area contributed by atoms with Crippen molar-refractivity contribution in [3.05, 3.63) is 59.7 Å². The Morgan fingerprint density at radius 2 is 1.78 bits per heavy atom. The van der Waals surface area contributed by atoms with E-state index in [0.717, 1.165) is 30.9 Å². The molecule has 0 radical (unpaired) electrons. The predicted octanol–water partition coefficient (Wildman–Crippen LogP) is 4.72. The van der Waals surface area contributed by atoms with E-state index in [9.17, 15) is 0 Å². The van der Waals surface area contributed by atoms with E-state index in [-0.39, 0.29) is 0 Å². The number of ether oxygens (including phenoxy) is 2. The van der Waals surface area contributed by atoms with Crippen molar-refractivity contribution in [3.63, 3.8) is 0 Å². The van der Waals surface area contributed by atoms with Gasteiger partial charge in [-0.25, -0.2) is 0 Å². The molecule has 124 valence electrons. The average molecular weight is 313 g/mol. The van der Waals surface area contributed by atoms with Gasteiger partial charge < -0.3 is 14.8 Å². The zero-order valence-corrected chi connectivity index (χ0v) is 14.3. The Bertz CT molecular complexity index is 583. The van der Waals surface area contributed by atoms with Crippen LogP contribution in [-0.2, 0) is 6.54 Å².